The summed E-state index contributed by atoms with van der Waals surface area (Å²) in [5.74, 6) is 2.17. The predicted octanol–water partition coefficient (Wildman–Crippen LogP) is 0.633. The largest absolute Gasteiger partial charge is 1.00 e. The second kappa shape index (κ2) is 36.4. The number of hydrogen-bond acceptors (Lipinski definition) is 18. The first kappa shape index (κ1) is 71.7. The van der Waals surface area contributed by atoms with Crippen LogP contribution in [0.5, 0.6) is 17.2 Å². The number of nitrogens with one attached hydrogen (secondary N) is 1. The van der Waals surface area contributed by atoms with E-state index in [4.69, 9.17) is 70.7 Å². The number of carbonyl (C=O) groups is 4. The number of fused-ring (bicyclic) bond motifs is 3. The van der Waals surface area contributed by atoms with E-state index < -0.39 is 0 Å². The van der Waals surface area contributed by atoms with Crippen LogP contribution in [-0.2, 0) is 37.2 Å². The van der Waals surface area contributed by atoms with Crippen LogP contribution in [0.4, 0.5) is 17.1 Å². The summed E-state index contributed by atoms with van der Waals surface area (Å²) in [6, 6.07) is 22.9. The van der Waals surface area contributed by atoms with Crippen molar-refractivity contribution in [3.63, 3.8) is 0 Å². The van der Waals surface area contributed by atoms with Gasteiger partial charge in [0.25, 0.3) is 6.47 Å². The molecule has 0 bridgehead atoms. The number of methoxy groups -OCH3 is 3. The molecule has 3 amide bonds. The zero-order chi connectivity index (χ0) is 61.0. The quantitative estimate of drug-likeness (QED) is 0.0579. The van der Waals surface area contributed by atoms with Crippen LogP contribution < -0.4 is 137 Å². The van der Waals surface area contributed by atoms with E-state index in [2.05, 4.69) is 54.9 Å². The molecule has 6 aromatic heterocycles. The van der Waals surface area contributed by atoms with Crippen molar-refractivity contribution < 1.29 is 148 Å². The molecule has 0 unspecified atom stereocenters. The molecule has 9 aromatic rings. The van der Waals surface area contributed by atoms with Crippen LogP contribution in [0, 0.1) is 0 Å². The molecule has 0 saturated carbocycles. The maximum Gasteiger partial charge on any atom is 1.00 e. The molecular formula is C58H63Cl4K2N15O9. The fourth-order valence-electron chi connectivity index (χ4n) is 9.55. The number of amides is 3. The van der Waals surface area contributed by atoms with Crippen LogP contribution in [0.15, 0.2) is 129 Å². The minimum absolute atomic E-state index is 0. The average Bonchev–Trinajstić information content (AvgIpc) is 2.70. The number of benzene rings is 3. The van der Waals surface area contributed by atoms with Gasteiger partial charge in [-0.25, -0.2) is 0 Å². The molecule has 3 aliphatic heterocycles. The number of halogens is 4. The third kappa shape index (κ3) is 19.8. The van der Waals surface area contributed by atoms with Crippen molar-refractivity contribution in [2.45, 2.75) is 13.1 Å². The van der Waals surface area contributed by atoms with E-state index in [0.29, 0.717) is 71.6 Å². The zero-order valence-corrected chi connectivity index (χ0v) is 58.5. The van der Waals surface area contributed by atoms with Gasteiger partial charge in [-0.05, 0) is 54.6 Å². The van der Waals surface area contributed by atoms with Gasteiger partial charge >= 0.3 is 103 Å². The van der Waals surface area contributed by atoms with Crippen LogP contribution in [-0.4, -0.2) is 189 Å². The van der Waals surface area contributed by atoms with Gasteiger partial charge in [-0.3, -0.25) is 48.6 Å². The normalized spacial score (nSPS) is 13.6. The Labute approximate surface area is 614 Å². The SMILES string of the molecule is COc1cc(N2CCN(C(=O)CCl)CC2)ccc1Cl.COc1cc(N2CCN(C(=O)Cn3cc4ccncc4n3)CC2)ccc1Cl.COc1cc(N2CCN(C(=O)Cn3ncc4ccncc43)CC2)ccc1Cl.O=CO[O-].[H-].[K+].[K+].c1cc2cn[nH]c2cn1. The molecular weight excluding hydrogens is 1270 g/mol. The first-order chi connectivity index (χ1) is 41.8. The summed E-state index contributed by atoms with van der Waals surface area (Å²) in [6.45, 7) is 8.97. The fraction of sp³-hybridized carbons (Fsp3) is 0.310. The number of nitrogens with zero attached hydrogens (tertiary/aromatic N) is 14. The number of aromatic nitrogens is 9. The number of anilines is 3. The second-order valence-corrected chi connectivity index (χ2v) is 20.7. The number of alkyl halides is 1. The van der Waals surface area contributed by atoms with Crippen LogP contribution in [0.2, 0.25) is 15.1 Å². The number of piperazine rings is 3. The molecule has 12 rings (SSSR count). The number of H-pyrrole nitrogens is 1. The van der Waals surface area contributed by atoms with Gasteiger partial charge in [0, 0.05) is 155 Å². The van der Waals surface area contributed by atoms with Crippen molar-refractivity contribution in [2.24, 2.45) is 0 Å². The number of pyridine rings is 3. The van der Waals surface area contributed by atoms with E-state index in [1.807, 2.05) is 88.8 Å². The van der Waals surface area contributed by atoms with E-state index in [-0.39, 0.29) is 147 Å². The van der Waals surface area contributed by atoms with Crippen molar-refractivity contribution in [3.8, 4) is 17.2 Å². The molecule has 0 radical (unpaired) electrons. The van der Waals surface area contributed by atoms with Gasteiger partial charge in [0.15, 0.2) is 0 Å². The number of hydrogen-bond donors (Lipinski definition) is 1. The molecule has 24 nitrogen and oxygen atoms in total. The summed E-state index contributed by atoms with van der Waals surface area (Å²) in [5, 5.41) is 28.7. The minimum atomic E-state index is -0.181. The van der Waals surface area contributed by atoms with Gasteiger partial charge in [-0.15, -0.1) is 11.6 Å². The van der Waals surface area contributed by atoms with E-state index in [0.717, 1.165) is 89.0 Å². The Morgan fingerprint density at radius 2 is 1.00 bits per heavy atom. The van der Waals surface area contributed by atoms with Gasteiger partial charge in [0.1, 0.15) is 41.7 Å². The zero-order valence-electron chi connectivity index (χ0n) is 50.3. The van der Waals surface area contributed by atoms with E-state index in [1.165, 1.54) is 0 Å². The molecule has 9 heterocycles. The Bertz CT molecular complexity index is 3630. The topological polar surface area (TPSA) is 251 Å². The molecule has 3 aliphatic rings. The van der Waals surface area contributed by atoms with Crippen LogP contribution in [0.3, 0.4) is 0 Å². The van der Waals surface area contributed by atoms with Crippen LogP contribution >= 0.6 is 46.4 Å². The van der Waals surface area contributed by atoms with Crippen molar-refractivity contribution >= 4 is 120 Å². The van der Waals surface area contributed by atoms with Gasteiger partial charge < -0.3 is 55.2 Å². The first-order valence-electron chi connectivity index (χ1n) is 27.0. The Kier molecular flexibility index (Phi) is 29.7. The number of aromatic amines is 1. The van der Waals surface area contributed by atoms with Crippen LogP contribution in [0.25, 0.3) is 32.7 Å². The van der Waals surface area contributed by atoms with Crippen molar-refractivity contribution in [2.75, 3.05) is 120 Å². The maximum absolute atomic E-state index is 12.7. The summed E-state index contributed by atoms with van der Waals surface area (Å²) in [5.41, 5.74) is 5.81. The predicted molar refractivity (Wildman–Crippen MR) is 328 cm³/mol. The third-order valence-corrected chi connectivity index (χ3v) is 15.3. The Morgan fingerprint density at radius 3 is 1.44 bits per heavy atom. The van der Waals surface area contributed by atoms with Gasteiger partial charge in [-0.2, -0.15) is 15.3 Å². The minimum Gasteiger partial charge on any atom is -1.00 e. The molecule has 0 spiro atoms. The Morgan fingerprint density at radius 1 is 0.568 bits per heavy atom. The summed E-state index contributed by atoms with van der Waals surface area (Å²) >= 11 is 23.8. The summed E-state index contributed by atoms with van der Waals surface area (Å²) in [4.78, 5) is 72.4. The standard InChI is InChI=1S/2C19H20ClN5O2.C13H16Cl2N2O2.C6H5N3.CH2O3.2K.H/c1-27-18-10-15(2-3-16(18)20)23-6-8-24(9-7-23)19(26)13-25-12-14-4-5-21-11-17(14)22-25;1-27-18-10-15(2-3-16(18)20)23-6-8-24(9-7-23)19(26)13-25-17-12-21-5-4-14(17)11-22-25;1-19-12-8-10(2-3-11(12)15)16-4-6-17(7-5-16)13(18)9-14;1-2-7-4-6-5(1)3-8-9-6;2-1-4-3;;;/h2*2-5,10-12H,6-9,13H2,1H3;2-3,8H,4-7,9H2,1H3;1-4H,(H,8,9);1,3H;;;/q;;;;;2*+1;-1/p-1. The van der Waals surface area contributed by atoms with Crippen molar-refractivity contribution in [1.82, 2.24) is 59.4 Å². The van der Waals surface area contributed by atoms with Crippen molar-refractivity contribution in [3.05, 3.63) is 144 Å². The molecule has 3 saturated heterocycles. The summed E-state index contributed by atoms with van der Waals surface area (Å²) in [7, 11) is 4.81. The van der Waals surface area contributed by atoms with Gasteiger partial charge in [0.05, 0.1) is 78.4 Å². The molecule has 454 valence electrons. The van der Waals surface area contributed by atoms with Crippen molar-refractivity contribution in [1.29, 1.82) is 0 Å². The monoisotopic (exact) mass is 1330 g/mol. The Balaban J connectivity index is 0.000000219. The second-order valence-electron chi connectivity index (χ2n) is 19.2. The molecule has 1 N–H and O–H groups in total. The smallest absolute Gasteiger partial charge is 1.00 e. The number of rotatable bonds is 12. The summed E-state index contributed by atoms with van der Waals surface area (Å²) < 4.78 is 19.2. The van der Waals surface area contributed by atoms with Gasteiger partial charge in [-0.1, -0.05) is 34.8 Å². The van der Waals surface area contributed by atoms with E-state index >= 15 is 0 Å². The average molecular weight is 1330 g/mol. The van der Waals surface area contributed by atoms with E-state index in [1.54, 1.807) is 85.2 Å². The number of carbonyl (C=O) groups excluding carboxylic acids is 4. The maximum atomic E-state index is 12.7. The first-order valence-corrected chi connectivity index (χ1v) is 28.6. The molecule has 88 heavy (non-hydrogen) atoms. The fourth-order valence-corrected chi connectivity index (χ4v) is 10.3. The molecule has 0 atom stereocenters. The molecule has 30 heteroatoms. The summed E-state index contributed by atoms with van der Waals surface area (Å²) in [6.07, 6.45) is 15.8. The van der Waals surface area contributed by atoms with Gasteiger partial charge in [0.2, 0.25) is 17.7 Å². The van der Waals surface area contributed by atoms with E-state index in [9.17, 15) is 14.4 Å². The Hall–Kier alpha value is -5.41. The third-order valence-electron chi connectivity index (χ3n) is 14.2. The van der Waals surface area contributed by atoms with Crippen LogP contribution in [0.1, 0.15) is 1.43 Å². The molecule has 0 aliphatic carbocycles. The molecule has 3 fully saturated rings. The number of ether oxygens (including phenoxy) is 3. The molecule has 3 aromatic carbocycles.